The van der Waals surface area contributed by atoms with E-state index in [1.807, 2.05) is 6.07 Å². The topological polar surface area (TPSA) is 46.5 Å². The van der Waals surface area contributed by atoms with E-state index in [1.165, 1.54) is 0 Å². The molecule has 0 atom stereocenters. The minimum Gasteiger partial charge on any atom is -0.263 e. The van der Waals surface area contributed by atoms with Gasteiger partial charge < -0.3 is 0 Å². The Kier molecular flexibility index (Phi) is 3.51. The van der Waals surface area contributed by atoms with Gasteiger partial charge in [0.1, 0.15) is 0 Å². The summed E-state index contributed by atoms with van der Waals surface area (Å²) in [5.41, 5.74) is 1.44. The molecule has 1 rings (SSSR count). The fourth-order valence-corrected chi connectivity index (χ4v) is 1.36. The van der Waals surface area contributed by atoms with Crippen LogP contribution < -0.4 is 0 Å². The van der Waals surface area contributed by atoms with E-state index in [4.69, 9.17) is 0 Å². The quantitative estimate of drug-likeness (QED) is 0.689. The van der Waals surface area contributed by atoms with Crippen LogP contribution in [-0.4, -0.2) is 5.91 Å². The molecule has 0 aliphatic rings. The maximum absolute atomic E-state index is 11.0. The molecule has 0 aliphatic heterocycles. The van der Waals surface area contributed by atoms with Gasteiger partial charge in [0.25, 0.3) is 0 Å². The third-order valence-electron chi connectivity index (χ3n) is 1.90. The van der Waals surface area contributed by atoms with Gasteiger partial charge in [-0.2, -0.15) is 0 Å². The van der Waals surface area contributed by atoms with Gasteiger partial charge in [0.2, 0.25) is 0 Å². The highest BCUT2D eigenvalue weighted by Gasteiger charge is 2.06. The van der Waals surface area contributed by atoms with Gasteiger partial charge in [0.05, 0.1) is 0 Å². The number of hydrogen-bond acceptors (Lipinski definition) is 2. The highest BCUT2D eigenvalue weighted by atomic mass is 16.3. The summed E-state index contributed by atoms with van der Waals surface area (Å²) in [7, 11) is 0. The Bertz CT molecular complexity index is 345. The number of rotatable bonds is 3. The van der Waals surface area contributed by atoms with E-state index in [-0.39, 0.29) is 0 Å². The Morgan fingerprint density at radius 3 is 2.71 bits per heavy atom. The molecule has 0 bridgehead atoms. The second kappa shape index (κ2) is 4.65. The molecule has 0 N–H and O–H groups in total. The molecular weight excluding hydrogens is 178 g/mol. The van der Waals surface area contributed by atoms with Crippen LogP contribution in [0.25, 0.3) is 0 Å². The summed E-state index contributed by atoms with van der Waals surface area (Å²) in [5.74, 6) is -0.167. The van der Waals surface area contributed by atoms with Crippen molar-refractivity contribution in [3.8, 4) is 0 Å². The van der Waals surface area contributed by atoms with Crippen molar-refractivity contribution in [2.45, 2.75) is 20.3 Å². The molecule has 0 radical (unpaired) electrons. The molecule has 14 heavy (non-hydrogen) atoms. The molecule has 0 saturated heterocycles. The Labute approximate surface area is 83.1 Å². The number of carbonyl (C=O) groups is 1. The van der Waals surface area contributed by atoms with Crippen LogP contribution in [0.1, 0.15) is 29.8 Å². The van der Waals surface area contributed by atoms with Crippen molar-refractivity contribution in [3.05, 3.63) is 40.3 Å². The zero-order valence-corrected chi connectivity index (χ0v) is 8.36. The smallest absolute Gasteiger partial charge is 0.263 e. The van der Waals surface area contributed by atoms with Crippen LogP contribution >= 0.6 is 0 Å². The van der Waals surface area contributed by atoms with E-state index in [0.717, 1.165) is 12.0 Å². The molecule has 1 aromatic rings. The van der Waals surface area contributed by atoms with Crippen molar-refractivity contribution in [1.29, 1.82) is 0 Å². The fourth-order valence-electron chi connectivity index (χ4n) is 1.36. The summed E-state index contributed by atoms with van der Waals surface area (Å²) in [6, 6.07) is 7.05. The molecular formula is C11H13NO2. The zero-order chi connectivity index (χ0) is 10.6. The Morgan fingerprint density at radius 1 is 1.43 bits per heavy atom. The van der Waals surface area contributed by atoms with E-state index in [9.17, 15) is 9.70 Å². The molecule has 0 aliphatic carbocycles. The first-order valence-electron chi connectivity index (χ1n) is 4.60. The SMILES string of the molecule is CC(C)Cc1cccc(C(=O)N=O)c1. The molecule has 0 fully saturated rings. The van der Waals surface area contributed by atoms with Crippen molar-refractivity contribution >= 4 is 5.91 Å². The molecule has 3 nitrogen and oxygen atoms in total. The second-order valence-electron chi connectivity index (χ2n) is 3.69. The lowest BCUT2D eigenvalue weighted by molar-refractivity contribution is 0.100. The van der Waals surface area contributed by atoms with Gasteiger partial charge in [0, 0.05) is 10.7 Å². The van der Waals surface area contributed by atoms with Crippen LogP contribution in [-0.2, 0) is 6.42 Å². The maximum atomic E-state index is 11.0. The van der Waals surface area contributed by atoms with Gasteiger partial charge >= 0.3 is 5.91 Å². The highest BCUT2D eigenvalue weighted by Crippen LogP contribution is 2.11. The standard InChI is InChI=1S/C11H13NO2/c1-8(2)6-9-4-3-5-10(7-9)11(13)12-14/h3-5,7-8H,6H2,1-2H3. The number of nitroso groups, excluding NO2 is 1. The largest absolute Gasteiger partial charge is 0.316 e. The van der Waals surface area contributed by atoms with Gasteiger partial charge in [-0.3, -0.25) is 4.79 Å². The number of benzene rings is 1. The van der Waals surface area contributed by atoms with Gasteiger partial charge in [-0.1, -0.05) is 26.0 Å². The van der Waals surface area contributed by atoms with Gasteiger partial charge in [-0.15, -0.1) is 4.91 Å². The number of nitrogens with zero attached hydrogens (tertiary/aromatic N) is 1. The van der Waals surface area contributed by atoms with Crippen LogP contribution in [0.2, 0.25) is 0 Å². The van der Waals surface area contributed by atoms with Gasteiger partial charge in [0.15, 0.2) is 0 Å². The number of amides is 1. The third-order valence-corrected chi connectivity index (χ3v) is 1.90. The average Bonchev–Trinajstić information content (AvgIpc) is 2.16. The van der Waals surface area contributed by atoms with Crippen molar-refractivity contribution in [3.63, 3.8) is 0 Å². The van der Waals surface area contributed by atoms with Gasteiger partial charge in [-0.05, 0) is 30.0 Å². The predicted octanol–water partition coefficient (Wildman–Crippen LogP) is 2.79. The van der Waals surface area contributed by atoms with Gasteiger partial charge in [-0.25, -0.2) is 0 Å². The highest BCUT2D eigenvalue weighted by molar-refractivity contribution is 5.94. The lowest BCUT2D eigenvalue weighted by Crippen LogP contribution is -1.98. The monoisotopic (exact) mass is 191 g/mol. The van der Waals surface area contributed by atoms with Crippen LogP contribution in [0.15, 0.2) is 29.4 Å². The molecule has 3 heteroatoms. The minimum absolute atomic E-state index is 0.373. The van der Waals surface area contributed by atoms with Crippen LogP contribution in [0.3, 0.4) is 0 Å². The van der Waals surface area contributed by atoms with Crippen LogP contribution in [0.4, 0.5) is 0 Å². The summed E-state index contributed by atoms with van der Waals surface area (Å²) in [6.45, 7) is 4.21. The molecule has 0 aromatic heterocycles. The zero-order valence-electron chi connectivity index (χ0n) is 8.36. The maximum Gasteiger partial charge on any atom is 0.316 e. The first-order valence-corrected chi connectivity index (χ1v) is 4.60. The molecule has 0 saturated carbocycles. The van der Waals surface area contributed by atoms with Crippen molar-refractivity contribution in [2.24, 2.45) is 11.1 Å². The normalized spacial score (nSPS) is 10.2. The van der Waals surface area contributed by atoms with E-state index >= 15 is 0 Å². The van der Waals surface area contributed by atoms with Crippen molar-refractivity contribution < 1.29 is 4.79 Å². The predicted molar refractivity (Wildman–Crippen MR) is 55.1 cm³/mol. The fraction of sp³-hybridized carbons (Fsp3) is 0.364. The van der Waals surface area contributed by atoms with E-state index in [1.54, 1.807) is 18.2 Å². The van der Waals surface area contributed by atoms with Crippen LogP contribution in [0.5, 0.6) is 0 Å². The first kappa shape index (κ1) is 10.6. The Balaban J connectivity index is 2.89. The summed E-state index contributed by atoms with van der Waals surface area (Å²) in [4.78, 5) is 21.0. The lowest BCUT2D eigenvalue weighted by Gasteiger charge is -2.04. The minimum atomic E-state index is -0.699. The van der Waals surface area contributed by atoms with Crippen molar-refractivity contribution in [1.82, 2.24) is 0 Å². The van der Waals surface area contributed by atoms with E-state index in [0.29, 0.717) is 11.5 Å². The van der Waals surface area contributed by atoms with E-state index < -0.39 is 5.91 Å². The average molecular weight is 191 g/mol. The third kappa shape index (κ3) is 2.76. The van der Waals surface area contributed by atoms with E-state index in [2.05, 4.69) is 19.0 Å². The molecule has 1 aromatic carbocycles. The molecule has 0 spiro atoms. The molecule has 0 unspecified atom stereocenters. The summed E-state index contributed by atoms with van der Waals surface area (Å²) >= 11 is 0. The lowest BCUT2D eigenvalue weighted by atomic mass is 10.0. The van der Waals surface area contributed by atoms with Crippen LogP contribution in [0, 0.1) is 10.8 Å². The second-order valence-corrected chi connectivity index (χ2v) is 3.69. The Morgan fingerprint density at radius 2 is 2.14 bits per heavy atom. The number of hydrogen-bond donors (Lipinski definition) is 0. The van der Waals surface area contributed by atoms with Crippen molar-refractivity contribution in [2.75, 3.05) is 0 Å². The number of carbonyl (C=O) groups excluding carboxylic acids is 1. The molecule has 74 valence electrons. The Hall–Kier alpha value is -1.51. The first-order chi connectivity index (χ1) is 6.63. The summed E-state index contributed by atoms with van der Waals surface area (Å²) in [6.07, 6.45) is 0.903. The summed E-state index contributed by atoms with van der Waals surface area (Å²) in [5, 5.41) is 2.39. The summed E-state index contributed by atoms with van der Waals surface area (Å²) < 4.78 is 0. The molecule has 0 heterocycles. The molecule has 1 amide bonds.